The average molecular weight is 128 g/mol. The van der Waals surface area contributed by atoms with E-state index in [1.807, 2.05) is 6.08 Å². The zero-order valence-electron chi connectivity index (χ0n) is 5.33. The van der Waals surface area contributed by atoms with Gasteiger partial charge in [0.1, 0.15) is 0 Å². The van der Waals surface area contributed by atoms with Crippen molar-refractivity contribution >= 4 is 0 Å². The highest BCUT2D eigenvalue weighted by atomic mass is 16.3. The molecule has 2 atom stereocenters. The van der Waals surface area contributed by atoms with Gasteiger partial charge in [-0.3, -0.25) is 0 Å². The molecule has 0 aliphatic heterocycles. The van der Waals surface area contributed by atoms with Gasteiger partial charge < -0.3 is 10.2 Å². The molecule has 1 rings (SSSR count). The molecule has 1 aliphatic rings. The molecule has 0 bridgehead atoms. The molecule has 2 N–H and O–H groups in total. The molecule has 0 saturated carbocycles. The average Bonchev–Trinajstić information content (AvgIpc) is 1.90. The molecule has 0 heterocycles. The third-order valence-electron chi connectivity index (χ3n) is 1.67. The van der Waals surface area contributed by atoms with Crippen molar-refractivity contribution in [3.05, 3.63) is 12.2 Å². The molecule has 0 fully saturated rings. The summed E-state index contributed by atoms with van der Waals surface area (Å²) in [5.74, 6) is 0.286. The van der Waals surface area contributed by atoms with E-state index < -0.39 is 0 Å². The summed E-state index contributed by atoms with van der Waals surface area (Å²) in [5.41, 5.74) is 0. The lowest BCUT2D eigenvalue weighted by Crippen LogP contribution is -2.14. The quantitative estimate of drug-likeness (QED) is 0.499. The molecular weight excluding hydrogens is 116 g/mol. The minimum absolute atomic E-state index is 0.212. The van der Waals surface area contributed by atoms with Gasteiger partial charge in [-0.15, -0.1) is 0 Å². The van der Waals surface area contributed by atoms with Crippen molar-refractivity contribution in [3.8, 4) is 0 Å². The Morgan fingerprint density at radius 2 is 2.11 bits per heavy atom. The van der Waals surface area contributed by atoms with Crippen molar-refractivity contribution in [2.45, 2.75) is 18.9 Å². The van der Waals surface area contributed by atoms with Crippen molar-refractivity contribution in [1.82, 2.24) is 0 Å². The van der Waals surface area contributed by atoms with E-state index in [1.165, 1.54) is 0 Å². The zero-order valence-corrected chi connectivity index (χ0v) is 5.33. The van der Waals surface area contributed by atoms with E-state index in [0.717, 1.165) is 12.8 Å². The summed E-state index contributed by atoms with van der Waals surface area (Å²) in [6, 6.07) is 0. The van der Waals surface area contributed by atoms with E-state index in [1.54, 1.807) is 6.08 Å². The first-order valence-corrected chi connectivity index (χ1v) is 3.30. The lowest BCUT2D eigenvalue weighted by atomic mass is 9.95. The van der Waals surface area contributed by atoms with Crippen molar-refractivity contribution < 1.29 is 10.2 Å². The molecule has 0 radical (unpaired) electrons. The summed E-state index contributed by atoms with van der Waals surface area (Å²) in [4.78, 5) is 0. The van der Waals surface area contributed by atoms with Crippen LogP contribution in [0.5, 0.6) is 0 Å². The molecule has 0 saturated heterocycles. The summed E-state index contributed by atoms with van der Waals surface area (Å²) in [6.45, 7) is 0.212. The highest BCUT2D eigenvalue weighted by Gasteiger charge is 2.11. The van der Waals surface area contributed by atoms with Gasteiger partial charge in [0.2, 0.25) is 0 Å². The van der Waals surface area contributed by atoms with Crippen LogP contribution < -0.4 is 0 Å². The van der Waals surface area contributed by atoms with Gasteiger partial charge in [-0.2, -0.15) is 0 Å². The van der Waals surface area contributed by atoms with Gasteiger partial charge in [0.05, 0.1) is 6.10 Å². The molecule has 9 heavy (non-hydrogen) atoms. The standard InChI is InChI=1S/C7H12O2/c8-5-6-1-3-7(9)4-2-6/h1,3,6-9H,2,4-5H2. The van der Waals surface area contributed by atoms with Gasteiger partial charge in [0.25, 0.3) is 0 Å². The molecule has 1 aliphatic carbocycles. The largest absolute Gasteiger partial charge is 0.396 e. The third kappa shape index (κ3) is 1.80. The molecule has 0 aromatic heterocycles. The molecule has 0 amide bonds. The lowest BCUT2D eigenvalue weighted by molar-refractivity contribution is 0.174. The van der Waals surface area contributed by atoms with E-state index in [0.29, 0.717) is 0 Å². The smallest absolute Gasteiger partial charge is 0.0721 e. The molecule has 2 unspecified atom stereocenters. The minimum Gasteiger partial charge on any atom is -0.396 e. The predicted molar refractivity (Wildman–Crippen MR) is 35.0 cm³/mol. The topological polar surface area (TPSA) is 40.5 Å². The fourth-order valence-electron chi connectivity index (χ4n) is 1.01. The van der Waals surface area contributed by atoms with Crippen LogP contribution >= 0.6 is 0 Å². The van der Waals surface area contributed by atoms with Gasteiger partial charge in [-0.05, 0) is 12.8 Å². The van der Waals surface area contributed by atoms with Crippen molar-refractivity contribution in [3.63, 3.8) is 0 Å². The fourth-order valence-corrected chi connectivity index (χ4v) is 1.01. The molecule has 0 spiro atoms. The van der Waals surface area contributed by atoms with Crippen LogP contribution in [-0.2, 0) is 0 Å². The normalized spacial score (nSPS) is 34.9. The first kappa shape index (κ1) is 6.78. The molecule has 2 nitrogen and oxygen atoms in total. The van der Waals surface area contributed by atoms with Crippen LogP contribution in [0.1, 0.15) is 12.8 Å². The van der Waals surface area contributed by atoms with E-state index >= 15 is 0 Å². The van der Waals surface area contributed by atoms with Crippen LogP contribution in [0.2, 0.25) is 0 Å². The van der Waals surface area contributed by atoms with Crippen molar-refractivity contribution in [1.29, 1.82) is 0 Å². The van der Waals surface area contributed by atoms with Crippen molar-refractivity contribution in [2.24, 2.45) is 5.92 Å². The highest BCUT2D eigenvalue weighted by molar-refractivity contribution is 4.97. The summed E-state index contributed by atoms with van der Waals surface area (Å²) in [6.07, 6.45) is 5.07. The first-order valence-electron chi connectivity index (χ1n) is 3.30. The Morgan fingerprint density at radius 3 is 2.56 bits per heavy atom. The minimum atomic E-state index is -0.271. The van der Waals surface area contributed by atoms with Crippen LogP contribution in [0, 0.1) is 5.92 Å². The number of rotatable bonds is 1. The van der Waals surface area contributed by atoms with Crippen LogP contribution in [0.15, 0.2) is 12.2 Å². The Labute approximate surface area is 54.8 Å². The van der Waals surface area contributed by atoms with E-state index in [2.05, 4.69) is 0 Å². The number of hydrogen-bond donors (Lipinski definition) is 2. The molecular formula is C7H12O2. The Morgan fingerprint density at radius 1 is 1.33 bits per heavy atom. The second-order valence-corrected chi connectivity index (χ2v) is 2.47. The second-order valence-electron chi connectivity index (χ2n) is 2.47. The summed E-state index contributed by atoms with van der Waals surface area (Å²) in [5, 5.41) is 17.6. The lowest BCUT2D eigenvalue weighted by Gasteiger charge is -2.16. The van der Waals surface area contributed by atoms with Crippen molar-refractivity contribution in [2.75, 3.05) is 6.61 Å². The van der Waals surface area contributed by atoms with Gasteiger partial charge in [0, 0.05) is 12.5 Å². The Hall–Kier alpha value is -0.340. The van der Waals surface area contributed by atoms with Gasteiger partial charge in [-0.25, -0.2) is 0 Å². The predicted octanol–water partition coefficient (Wildman–Crippen LogP) is 0.306. The first-order chi connectivity index (χ1) is 4.33. The van der Waals surface area contributed by atoms with Gasteiger partial charge in [-0.1, -0.05) is 12.2 Å². The van der Waals surface area contributed by atoms with Crippen LogP contribution in [0.25, 0.3) is 0 Å². The monoisotopic (exact) mass is 128 g/mol. The van der Waals surface area contributed by atoms with E-state index in [4.69, 9.17) is 10.2 Å². The molecule has 2 heteroatoms. The number of aliphatic hydroxyl groups excluding tert-OH is 2. The Bertz CT molecular complexity index is 109. The van der Waals surface area contributed by atoms with E-state index in [9.17, 15) is 0 Å². The number of aliphatic hydroxyl groups is 2. The molecule has 0 aromatic carbocycles. The fraction of sp³-hybridized carbons (Fsp3) is 0.714. The summed E-state index contributed by atoms with van der Waals surface area (Å²) in [7, 11) is 0. The van der Waals surface area contributed by atoms with Crippen LogP contribution in [-0.4, -0.2) is 22.9 Å². The third-order valence-corrected chi connectivity index (χ3v) is 1.67. The van der Waals surface area contributed by atoms with Gasteiger partial charge >= 0.3 is 0 Å². The van der Waals surface area contributed by atoms with E-state index in [-0.39, 0.29) is 18.6 Å². The van der Waals surface area contributed by atoms with Crippen LogP contribution in [0.3, 0.4) is 0 Å². The maximum Gasteiger partial charge on any atom is 0.0721 e. The molecule has 52 valence electrons. The Balaban J connectivity index is 2.38. The zero-order chi connectivity index (χ0) is 6.69. The summed E-state index contributed by atoms with van der Waals surface area (Å²) < 4.78 is 0. The van der Waals surface area contributed by atoms with Crippen LogP contribution in [0.4, 0.5) is 0 Å². The highest BCUT2D eigenvalue weighted by Crippen LogP contribution is 2.16. The maximum absolute atomic E-state index is 8.95. The molecule has 0 aromatic rings. The summed E-state index contributed by atoms with van der Waals surface area (Å²) >= 11 is 0. The second kappa shape index (κ2) is 2.99. The van der Waals surface area contributed by atoms with Gasteiger partial charge in [0.15, 0.2) is 0 Å². The Kier molecular flexibility index (Phi) is 2.25. The number of hydrogen-bond acceptors (Lipinski definition) is 2. The maximum atomic E-state index is 8.95. The SMILES string of the molecule is OCC1C=CC(O)CC1.